The van der Waals surface area contributed by atoms with E-state index in [1.165, 1.54) is 6.92 Å². The number of carbonyl (C=O) groups is 5. The van der Waals surface area contributed by atoms with Crippen molar-refractivity contribution in [3.63, 3.8) is 0 Å². The number of para-hydroxylation sites is 1. The van der Waals surface area contributed by atoms with Gasteiger partial charge >= 0.3 is 11.9 Å². The predicted octanol–water partition coefficient (Wildman–Crippen LogP) is 0.0650. The maximum absolute atomic E-state index is 13.3. The molecule has 3 aromatic rings. The van der Waals surface area contributed by atoms with Crippen molar-refractivity contribution in [2.75, 3.05) is 0 Å². The van der Waals surface area contributed by atoms with Gasteiger partial charge in [-0.05, 0) is 30.5 Å². The number of hydrogen-bond donors (Lipinski definition) is 8. The number of aliphatic hydroxyl groups excluding tert-OH is 1. The Bertz CT molecular complexity index is 1410. The minimum Gasteiger partial charge on any atom is -0.481 e. The van der Waals surface area contributed by atoms with E-state index in [1.807, 2.05) is 18.2 Å². The number of carbonyl (C=O) groups excluding carboxylic acids is 3. The van der Waals surface area contributed by atoms with Crippen molar-refractivity contribution in [3.8, 4) is 0 Å². The van der Waals surface area contributed by atoms with Crippen LogP contribution in [0.2, 0.25) is 0 Å². The number of fused-ring (bicyclic) bond motifs is 1. The van der Waals surface area contributed by atoms with E-state index in [0.29, 0.717) is 11.1 Å². The Labute approximate surface area is 241 Å². The largest absolute Gasteiger partial charge is 0.481 e. The lowest BCUT2D eigenvalue weighted by Gasteiger charge is -2.26. The van der Waals surface area contributed by atoms with Crippen LogP contribution < -0.4 is 21.7 Å². The lowest BCUT2D eigenvalue weighted by atomic mass is 10.0. The highest BCUT2D eigenvalue weighted by Gasteiger charge is 2.33. The fraction of sp³-hybridized carbons (Fsp3) is 0.345. The van der Waals surface area contributed by atoms with E-state index in [1.54, 1.807) is 42.6 Å². The summed E-state index contributed by atoms with van der Waals surface area (Å²) >= 11 is 0. The summed E-state index contributed by atoms with van der Waals surface area (Å²) in [6, 6.07) is 10.6. The lowest BCUT2D eigenvalue weighted by molar-refractivity contribution is -0.143. The number of aliphatic hydroxyl groups is 1. The third kappa shape index (κ3) is 8.88. The zero-order chi connectivity index (χ0) is 30.8. The molecule has 13 nitrogen and oxygen atoms in total. The molecule has 1 aromatic heterocycles. The molecular weight excluding hydrogens is 546 g/mol. The molecule has 0 radical (unpaired) electrons. The molecule has 0 aliphatic carbocycles. The number of hydrogen-bond acceptors (Lipinski definition) is 7. The first kappa shape index (κ1) is 31.8. The number of carboxylic acid groups (broad SMARTS) is 2. The van der Waals surface area contributed by atoms with Gasteiger partial charge in [-0.1, -0.05) is 48.5 Å². The average molecular weight is 582 g/mol. The van der Waals surface area contributed by atoms with E-state index < -0.39 is 59.9 Å². The predicted molar refractivity (Wildman–Crippen MR) is 152 cm³/mol. The second-order valence-electron chi connectivity index (χ2n) is 9.98. The van der Waals surface area contributed by atoms with Crippen molar-refractivity contribution >= 4 is 40.6 Å². The molecule has 2 aromatic carbocycles. The van der Waals surface area contributed by atoms with Crippen LogP contribution in [0.15, 0.2) is 60.8 Å². The molecule has 0 aliphatic heterocycles. The third-order valence-corrected chi connectivity index (χ3v) is 6.70. The summed E-state index contributed by atoms with van der Waals surface area (Å²) in [5, 5.41) is 37.1. The summed E-state index contributed by atoms with van der Waals surface area (Å²) in [5.74, 6) is -4.98. The summed E-state index contributed by atoms with van der Waals surface area (Å²) in [7, 11) is 0. The molecule has 13 heteroatoms. The maximum atomic E-state index is 13.3. The van der Waals surface area contributed by atoms with Gasteiger partial charge in [0.15, 0.2) is 0 Å². The number of nitrogens with one attached hydrogen (secondary N) is 4. The lowest BCUT2D eigenvalue weighted by Crippen LogP contribution is -2.60. The number of aliphatic carboxylic acids is 2. The van der Waals surface area contributed by atoms with Gasteiger partial charge in [0, 0.05) is 36.4 Å². The number of nitrogens with two attached hydrogens (primary N) is 1. The van der Waals surface area contributed by atoms with Gasteiger partial charge in [-0.15, -0.1) is 0 Å². The number of amides is 3. The van der Waals surface area contributed by atoms with E-state index in [2.05, 4.69) is 20.9 Å². The van der Waals surface area contributed by atoms with Crippen LogP contribution in [0.1, 0.15) is 30.9 Å². The molecule has 0 bridgehead atoms. The average Bonchev–Trinajstić information content (AvgIpc) is 3.36. The van der Waals surface area contributed by atoms with Crippen molar-refractivity contribution < 1.29 is 39.3 Å². The molecule has 5 unspecified atom stereocenters. The second kappa shape index (κ2) is 14.8. The molecule has 3 rings (SSSR count). The molecule has 0 fully saturated rings. The molecule has 9 N–H and O–H groups in total. The van der Waals surface area contributed by atoms with Gasteiger partial charge in [-0.2, -0.15) is 0 Å². The van der Waals surface area contributed by atoms with E-state index in [0.717, 1.165) is 10.9 Å². The number of aromatic amines is 1. The highest BCUT2D eigenvalue weighted by Crippen LogP contribution is 2.19. The Morgan fingerprint density at radius 2 is 1.48 bits per heavy atom. The Kier molecular flexibility index (Phi) is 11.2. The third-order valence-electron chi connectivity index (χ3n) is 6.70. The van der Waals surface area contributed by atoms with Gasteiger partial charge in [-0.25, -0.2) is 4.79 Å². The number of aromatic nitrogens is 1. The molecule has 224 valence electrons. The van der Waals surface area contributed by atoms with Gasteiger partial charge in [0.1, 0.15) is 18.1 Å². The molecule has 0 saturated carbocycles. The van der Waals surface area contributed by atoms with Gasteiger partial charge in [0.2, 0.25) is 17.7 Å². The quantitative estimate of drug-likeness (QED) is 0.121. The van der Waals surface area contributed by atoms with Crippen LogP contribution in [0, 0.1) is 0 Å². The summed E-state index contributed by atoms with van der Waals surface area (Å²) in [6.45, 7) is 1.26. The van der Waals surface area contributed by atoms with Crippen LogP contribution in [0.4, 0.5) is 0 Å². The van der Waals surface area contributed by atoms with E-state index in [4.69, 9.17) is 10.8 Å². The van der Waals surface area contributed by atoms with Gasteiger partial charge in [-0.3, -0.25) is 19.2 Å². The highest BCUT2D eigenvalue weighted by atomic mass is 16.4. The highest BCUT2D eigenvalue weighted by molar-refractivity contribution is 5.95. The minimum atomic E-state index is -1.56. The van der Waals surface area contributed by atoms with Crippen molar-refractivity contribution in [1.82, 2.24) is 20.9 Å². The Morgan fingerprint density at radius 3 is 2.12 bits per heavy atom. The van der Waals surface area contributed by atoms with Crippen LogP contribution in [-0.2, 0) is 36.8 Å². The van der Waals surface area contributed by atoms with E-state index >= 15 is 0 Å². The Hall–Kier alpha value is -4.75. The number of H-pyrrole nitrogens is 1. The van der Waals surface area contributed by atoms with Crippen LogP contribution in [0.25, 0.3) is 10.9 Å². The number of rotatable bonds is 15. The first-order valence-electron chi connectivity index (χ1n) is 13.3. The molecule has 0 spiro atoms. The summed E-state index contributed by atoms with van der Waals surface area (Å²) in [6.07, 6.45) is -0.353. The van der Waals surface area contributed by atoms with Gasteiger partial charge < -0.3 is 42.0 Å². The van der Waals surface area contributed by atoms with Crippen LogP contribution in [0.5, 0.6) is 0 Å². The summed E-state index contributed by atoms with van der Waals surface area (Å²) in [4.78, 5) is 65.1. The number of benzene rings is 2. The summed E-state index contributed by atoms with van der Waals surface area (Å²) in [5.41, 5.74) is 7.93. The van der Waals surface area contributed by atoms with Gasteiger partial charge in [0.05, 0.1) is 12.1 Å². The molecule has 5 atom stereocenters. The molecule has 0 saturated heterocycles. The topological polar surface area (TPSA) is 224 Å². The van der Waals surface area contributed by atoms with Crippen molar-refractivity contribution in [2.24, 2.45) is 5.73 Å². The van der Waals surface area contributed by atoms with E-state index in [9.17, 15) is 34.2 Å². The first-order chi connectivity index (χ1) is 20.0. The first-order valence-corrected chi connectivity index (χ1v) is 13.3. The fourth-order valence-electron chi connectivity index (χ4n) is 4.39. The molecule has 42 heavy (non-hydrogen) atoms. The smallest absolute Gasteiger partial charge is 0.326 e. The molecular formula is C29H35N5O8. The second-order valence-corrected chi connectivity index (χ2v) is 9.98. The van der Waals surface area contributed by atoms with Crippen LogP contribution in [0.3, 0.4) is 0 Å². The Morgan fingerprint density at radius 1 is 0.833 bits per heavy atom. The molecule has 1 heterocycles. The van der Waals surface area contributed by atoms with Crippen LogP contribution in [-0.4, -0.2) is 80.2 Å². The fourth-order valence-corrected chi connectivity index (χ4v) is 4.39. The standard InChI is InChI=1S/C29H35N5O8/c1-16(35)25(28(40)33-23(29(41)42)14-18-15-31-21-10-6-5-9-19(18)21)34-27(39)22(13-17-7-3-2-4-8-17)32-26(38)20(30)11-12-24(36)37/h2-10,15-16,20,22-23,25,31,35H,11-14,30H2,1H3,(H,32,38)(H,33,40)(H,34,39)(H,36,37)(H,41,42). The SMILES string of the molecule is CC(O)C(NC(=O)C(Cc1ccccc1)NC(=O)C(N)CCC(=O)O)C(=O)NC(Cc1c[nH]c2ccccc12)C(=O)O. The van der Waals surface area contributed by atoms with Crippen molar-refractivity contribution in [2.45, 2.75) is 62.9 Å². The monoisotopic (exact) mass is 581 g/mol. The minimum absolute atomic E-state index is 0.00345. The summed E-state index contributed by atoms with van der Waals surface area (Å²) < 4.78 is 0. The maximum Gasteiger partial charge on any atom is 0.326 e. The van der Waals surface area contributed by atoms with Crippen molar-refractivity contribution in [1.29, 1.82) is 0 Å². The zero-order valence-electron chi connectivity index (χ0n) is 22.9. The van der Waals surface area contributed by atoms with Gasteiger partial charge in [0.25, 0.3) is 0 Å². The normalized spacial score (nSPS) is 14.6. The van der Waals surface area contributed by atoms with E-state index in [-0.39, 0.29) is 25.7 Å². The Balaban J connectivity index is 1.75. The molecule has 3 amide bonds. The number of carboxylic acids is 2. The zero-order valence-corrected chi connectivity index (χ0v) is 22.9. The van der Waals surface area contributed by atoms with Crippen LogP contribution >= 0.6 is 0 Å². The molecule has 0 aliphatic rings. The van der Waals surface area contributed by atoms with Crippen molar-refractivity contribution in [3.05, 3.63) is 71.9 Å².